The zero-order valence-electron chi connectivity index (χ0n) is 17.5. The number of hydrogen-bond donors (Lipinski definition) is 2. The summed E-state index contributed by atoms with van der Waals surface area (Å²) in [5, 5.41) is 3.14. The predicted molar refractivity (Wildman–Crippen MR) is 117 cm³/mol. The molecule has 30 heavy (non-hydrogen) atoms. The van der Waals surface area contributed by atoms with E-state index in [1.165, 1.54) is 4.31 Å². The summed E-state index contributed by atoms with van der Waals surface area (Å²) in [5.74, 6) is 0.341. The molecule has 0 amide bonds. The van der Waals surface area contributed by atoms with Gasteiger partial charge in [-0.3, -0.25) is 4.90 Å². The van der Waals surface area contributed by atoms with Crippen LogP contribution in [0.25, 0.3) is 0 Å². The van der Waals surface area contributed by atoms with E-state index in [4.69, 9.17) is 15.2 Å². The van der Waals surface area contributed by atoms with Gasteiger partial charge < -0.3 is 20.5 Å². The van der Waals surface area contributed by atoms with Crippen molar-refractivity contribution >= 4 is 16.0 Å². The SMILES string of the molecule is NC(=NCc1ccccc1CS(=O)(=O)N1CCOCC1)NCCCN1CCOCC1. The lowest BCUT2D eigenvalue weighted by Gasteiger charge is -2.26. The molecule has 0 radical (unpaired) electrons. The number of nitrogens with two attached hydrogens (primary N) is 1. The standard InChI is InChI=1S/C20H33N5O4S/c21-20(22-6-3-7-24-8-12-28-13-9-24)23-16-18-4-1-2-5-19(18)17-30(26,27)25-10-14-29-15-11-25/h1-2,4-5H,3,6-17H2,(H3,21,22,23). The number of guanidine groups is 1. The van der Waals surface area contributed by atoms with Crippen molar-refractivity contribution in [2.24, 2.45) is 10.7 Å². The first-order valence-corrected chi connectivity index (χ1v) is 12.1. The summed E-state index contributed by atoms with van der Waals surface area (Å²) in [6, 6.07) is 7.49. The van der Waals surface area contributed by atoms with Crippen LogP contribution in [0.4, 0.5) is 0 Å². The molecule has 3 N–H and O–H groups in total. The van der Waals surface area contributed by atoms with Gasteiger partial charge in [0.2, 0.25) is 10.0 Å². The van der Waals surface area contributed by atoms with Crippen molar-refractivity contribution in [3.05, 3.63) is 35.4 Å². The molecule has 1 aromatic rings. The quantitative estimate of drug-likeness (QED) is 0.316. The first-order chi connectivity index (χ1) is 14.5. The van der Waals surface area contributed by atoms with E-state index in [1.54, 1.807) is 0 Å². The highest BCUT2D eigenvalue weighted by Gasteiger charge is 2.25. The number of morpholine rings is 2. The Morgan fingerprint density at radius 3 is 2.37 bits per heavy atom. The van der Waals surface area contributed by atoms with Gasteiger partial charge in [0.1, 0.15) is 0 Å². The fourth-order valence-electron chi connectivity index (χ4n) is 3.54. The lowest BCUT2D eigenvalue weighted by molar-refractivity contribution is 0.0376. The summed E-state index contributed by atoms with van der Waals surface area (Å²) >= 11 is 0. The van der Waals surface area contributed by atoms with Crippen LogP contribution in [0.5, 0.6) is 0 Å². The van der Waals surface area contributed by atoms with Gasteiger partial charge in [-0.05, 0) is 24.1 Å². The van der Waals surface area contributed by atoms with Gasteiger partial charge in [0.25, 0.3) is 0 Å². The lowest BCUT2D eigenvalue weighted by atomic mass is 10.1. The fourth-order valence-corrected chi connectivity index (χ4v) is 5.10. The van der Waals surface area contributed by atoms with Crippen LogP contribution >= 0.6 is 0 Å². The summed E-state index contributed by atoms with van der Waals surface area (Å²) in [7, 11) is -3.38. The Bertz CT molecular complexity index is 790. The minimum atomic E-state index is -3.38. The van der Waals surface area contributed by atoms with E-state index in [9.17, 15) is 8.42 Å². The molecule has 0 saturated carbocycles. The number of rotatable bonds is 9. The number of sulfonamides is 1. The van der Waals surface area contributed by atoms with Gasteiger partial charge in [0.05, 0.1) is 38.7 Å². The smallest absolute Gasteiger partial charge is 0.218 e. The van der Waals surface area contributed by atoms with E-state index in [1.807, 2.05) is 24.3 Å². The Balaban J connectivity index is 1.48. The fraction of sp³-hybridized carbons (Fsp3) is 0.650. The van der Waals surface area contributed by atoms with Gasteiger partial charge in [0, 0.05) is 32.7 Å². The molecule has 2 heterocycles. The molecule has 0 aromatic heterocycles. The summed E-state index contributed by atoms with van der Waals surface area (Å²) in [6.45, 7) is 7.37. The first-order valence-electron chi connectivity index (χ1n) is 10.5. The molecule has 168 valence electrons. The lowest BCUT2D eigenvalue weighted by Crippen LogP contribution is -2.41. The normalized spacial score (nSPS) is 19.7. The average Bonchev–Trinajstić information content (AvgIpc) is 2.77. The number of nitrogens with zero attached hydrogens (tertiary/aromatic N) is 3. The monoisotopic (exact) mass is 439 g/mol. The molecule has 0 spiro atoms. The molecule has 0 bridgehead atoms. The molecular formula is C20H33N5O4S. The Labute approximate surface area is 179 Å². The Hall–Kier alpha value is -1.72. The number of ether oxygens (including phenoxy) is 2. The Morgan fingerprint density at radius 2 is 1.67 bits per heavy atom. The topological polar surface area (TPSA) is 109 Å². The van der Waals surface area contributed by atoms with Crippen molar-refractivity contribution in [3.63, 3.8) is 0 Å². The van der Waals surface area contributed by atoms with Crippen LogP contribution in [0.3, 0.4) is 0 Å². The summed E-state index contributed by atoms with van der Waals surface area (Å²) < 4.78 is 37.6. The first kappa shape index (κ1) is 23.0. The molecule has 1 aromatic carbocycles. The third-order valence-electron chi connectivity index (χ3n) is 5.30. The minimum absolute atomic E-state index is 0.0361. The van der Waals surface area contributed by atoms with Crippen LogP contribution in [-0.2, 0) is 31.8 Å². The highest BCUT2D eigenvalue weighted by molar-refractivity contribution is 7.88. The second-order valence-electron chi connectivity index (χ2n) is 7.47. The van der Waals surface area contributed by atoms with Crippen molar-refractivity contribution in [2.75, 3.05) is 65.7 Å². The Morgan fingerprint density at radius 1 is 1.03 bits per heavy atom. The van der Waals surface area contributed by atoms with Gasteiger partial charge >= 0.3 is 0 Å². The zero-order valence-corrected chi connectivity index (χ0v) is 18.3. The molecule has 0 unspecified atom stereocenters. The van der Waals surface area contributed by atoms with Gasteiger partial charge in [-0.15, -0.1) is 0 Å². The Kier molecular flexibility index (Phi) is 8.88. The van der Waals surface area contributed by atoms with E-state index in [-0.39, 0.29) is 5.75 Å². The number of hydrogen-bond acceptors (Lipinski definition) is 6. The number of nitrogens with one attached hydrogen (secondary N) is 1. The molecule has 2 aliphatic heterocycles. The van der Waals surface area contributed by atoms with Gasteiger partial charge in [0.15, 0.2) is 5.96 Å². The van der Waals surface area contributed by atoms with Crippen molar-refractivity contribution in [1.82, 2.24) is 14.5 Å². The van der Waals surface area contributed by atoms with E-state index < -0.39 is 10.0 Å². The van der Waals surface area contributed by atoms with Crippen molar-refractivity contribution < 1.29 is 17.9 Å². The third kappa shape index (κ3) is 7.21. The van der Waals surface area contributed by atoms with Gasteiger partial charge in [-0.25, -0.2) is 13.4 Å². The summed E-state index contributed by atoms with van der Waals surface area (Å²) in [5.41, 5.74) is 7.63. The maximum Gasteiger partial charge on any atom is 0.218 e. The van der Waals surface area contributed by atoms with Crippen molar-refractivity contribution in [1.29, 1.82) is 0 Å². The molecule has 3 rings (SSSR count). The molecule has 0 atom stereocenters. The van der Waals surface area contributed by atoms with E-state index >= 15 is 0 Å². The van der Waals surface area contributed by atoms with Crippen LogP contribution in [0, 0.1) is 0 Å². The van der Waals surface area contributed by atoms with E-state index in [0.717, 1.165) is 56.9 Å². The molecule has 2 aliphatic rings. The second kappa shape index (κ2) is 11.6. The maximum absolute atomic E-state index is 12.7. The van der Waals surface area contributed by atoms with E-state index in [2.05, 4.69) is 15.2 Å². The highest BCUT2D eigenvalue weighted by Crippen LogP contribution is 2.17. The number of benzene rings is 1. The van der Waals surface area contributed by atoms with Crippen LogP contribution in [-0.4, -0.2) is 89.3 Å². The third-order valence-corrected chi connectivity index (χ3v) is 7.13. The van der Waals surface area contributed by atoms with Crippen molar-refractivity contribution in [2.45, 2.75) is 18.7 Å². The van der Waals surface area contributed by atoms with E-state index in [0.29, 0.717) is 38.8 Å². The van der Waals surface area contributed by atoms with Gasteiger partial charge in [-0.2, -0.15) is 4.31 Å². The zero-order chi connectivity index (χ0) is 21.2. The molecule has 10 heteroatoms. The molecular weight excluding hydrogens is 406 g/mol. The molecule has 2 saturated heterocycles. The largest absolute Gasteiger partial charge is 0.379 e. The highest BCUT2D eigenvalue weighted by atomic mass is 32.2. The molecule has 9 nitrogen and oxygen atoms in total. The summed E-state index contributed by atoms with van der Waals surface area (Å²) in [4.78, 5) is 6.78. The number of aliphatic imine (C=N–C) groups is 1. The second-order valence-corrected chi connectivity index (χ2v) is 9.44. The molecule has 2 fully saturated rings. The predicted octanol–water partition coefficient (Wildman–Crippen LogP) is -0.0248. The van der Waals surface area contributed by atoms with Crippen LogP contribution < -0.4 is 11.1 Å². The average molecular weight is 440 g/mol. The van der Waals surface area contributed by atoms with Crippen LogP contribution in [0.2, 0.25) is 0 Å². The maximum atomic E-state index is 12.7. The minimum Gasteiger partial charge on any atom is -0.379 e. The summed E-state index contributed by atoms with van der Waals surface area (Å²) in [6.07, 6.45) is 0.977. The van der Waals surface area contributed by atoms with Crippen molar-refractivity contribution in [3.8, 4) is 0 Å². The van der Waals surface area contributed by atoms with Crippen LogP contribution in [0.1, 0.15) is 17.5 Å². The molecule has 0 aliphatic carbocycles. The van der Waals surface area contributed by atoms with Gasteiger partial charge in [-0.1, -0.05) is 24.3 Å². The van der Waals surface area contributed by atoms with Crippen LogP contribution in [0.15, 0.2) is 29.3 Å².